The number of piperidine rings is 1. The van der Waals surface area contributed by atoms with Crippen molar-refractivity contribution in [3.8, 4) is 0 Å². The van der Waals surface area contributed by atoms with E-state index in [4.69, 9.17) is 22.1 Å². The molecule has 1 aliphatic rings. The number of primary amides is 1. The quantitative estimate of drug-likeness (QED) is 0.673. The monoisotopic (exact) mass is 311 g/mol. The second-order valence-electron chi connectivity index (χ2n) is 5.16. The van der Waals surface area contributed by atoms with Crippen LogP contribution in [0, 0.1) is 0 Å². The van der Waals surface area contributed by atoms with E-state index in [-0.39, 0.29) is 0 Å². The molecular weight excluding hydrogens is 290 g/mol. The van der Waals surface area contributed by atoms with Gasteiger partial charge in [0.15, 0.2) is 0 Å². The van der Waals surface area contributed by atoms with E-state index < -0.39 is 5.91 Å². The van der Waals surface area contributed by atoms with Gasteiger partial charge in [-0.25, -0.2) is 0 Å². The Morgan fingerprint density at radius 2 is 2.19 bits per heavy atom. The molecule has 4 N–H and O–H groups in total. The Kier molecular flexibility index (Phi) is 6.29. The minimum absolute atomic E-state index is 0.344. The van der Waals surface area contributed by atoms with Crippen LogP contribution >= 0.6 is 11.6 Å². The lowest BCUT2D eigenvalue weighted by molar-refractivity contribution is 0.0329. The molecule has 1 amide bonds. The molecule has 5 nitrogen and oxygen atoms in total. The number of hydrogen-bond acceptors (Lipinski definition) is 4. The number of nitrogens with two attached hydrogens (primary N) is 1. The van der Waals surface area contributed by atoms with Crippen LogP contribution < -0.4 is 16.4 Å². The summed E-state index contributed by atoms with van der Waals surface area (Å²) in [5.41, 5.74) is 6.44. The van der Waals surface area contributed by atoms with Gasteiger partial charge in [-0.15, -0.1) is 0 Å². The summed E-state index contributed by atoms with van der Waals surface area (Å²) in [7, 11) is 0. The molecule has 2 rings (SSSR count). The zero-order valence-electron chi connectivity index (χ0n) is 12.0. The van der Waals surface area contributed by atoms with Crippen LogP contribution in [0.15, 0.2) is 18.2 Å². The SMILES string of the molecule is NC(=O)c1ccc(NCCCOC2CCNCC2)cc1Cl. The van der Waals surface area contributed by atoms with Crippen LogP contribution in [0.3, 0.4) is 0 Å². The minimum atomic E-state index is -0.512. The molecule has 0 unspecified atom stereocenters. The van der Waals surface area contributed by atoms with Crippen molar-refractivity contribution >= 4 is 23.2 Å². The van der Waals surface area contributed by atoms with Crippen molar-refractivity contribution in [2.24, 2.45) is 5.73 Å². The predicted molar refractivity (Wildman–Crippen MR) is 84.9 cm³/mol. The van der Waals surface area contributed by atoms with Gasteiger partial charge in [0.05, 0.1) is 16.7 Å². The number of carbonyl (C=O) groups is 1. The molecule has 0 aliphatic carbocycles. The third-order valence-electron chi connectivity index (χ3n) is 3.52. The van der Waals surface area contributed by atoms with E-state index in [1.165, 1.54) is 0 Å². The molecule has 1 fully saturated rings. The molecule has 6 heteroatoms. The molecule has 1 aliphatic heterocycles. The second-order valence-corrected chi connectivity index (χ2v) is 5.57. The summed E-state index contributed by atoms with van der Waals surface area (Å²) in [5, 5.41) is 6.95. The molecule has 116 valence electrons. The zero-order valence-corrected chi connectivity index (χ0v) is 12.8. The van der Waals surface area contributed by atoms with Crippen molar-refractivity contribution < 1.29 is 9.53 Å². The van der Waals surface area contributed by atoms with Gasteiger partial charge in [-0.2, -0.15) is 0 Å². The Balaban J connectivity index is 1.66. The highest BCUT2D eigenvalue weighted by molar-refractivity contribution is 6.34. The maximum absolute atomic E-state index is 11.1. The first kappa shape index (κ1) is 16.1. The normalized spacial score (nSPS) is 15.9. The number of hydrogen-bond donors (Lipinski definition) is 3. The fraction of sp³-hybridized carbons (Fsp3) is 0.533. The van der Waals surface area contributed by atoms with Gasteiger partial charge < -0.3 is 21.1 Å². The number of anilines is 1. The van der Waals surface area contributed by atoms with Gasteiger partial charge in [0.1, 0.15) is 0 Å². The highest BCUT2D eigenvalue weighted by atomic mass is 35.5. The van der Waals surface area contributed by atoms with Gasteiger partial charge in [-0.1, -0.05) is 11.6 Å². The third kappa shape index (κ3) is 5.19. The van der Waals surface area contributed by atoms with Crippen LogP contribution in [0.5, 0.6) is 0 Å². The van der Waals surface area contributed by atoms with Gasteiger partial charge in [-0.05, 0) is 50.6 Å². The molecule has 0 saturated carbocycles. The van der Waals surface area contributed by atoms with E-state index in [1.807, 2.05) is 0 Å². The van der Waals surface area contributed by atoms with Crippen molar-refractivity contribution in [2.45, 2.75) is 25.4 Å². The lowest BCUT2D eigenvalue weighted by Crippen LogP contribution is -2.32. The van der Waals surface area contributed by atoms with Gasteiger partial charge >= 0.3 is 0 Å². The van der Waals surface area contributed by atoms with Gasteiger partial charge in [0.25, 0.3) is 0 Å². The average Bonchev–Trinajstić information content (AvgIpc) is 2.47. The van der Waals surface area contributed by atoms with Crippen molar-refractivity contribution in [3.63, 3.8) is 0 Å². The summed E-state index contributed by atoms with van der Waals surface area (Å²) in [5.74, 6) is -0.512. The number of ether oxygens (including phenoxy) is 1. The van der Waals surface area contributed by atoms with E-state index >= 15 is 0 Å². The summed E-state index contributed by atoms with van der Waals surface area (Å²) in [6.45, 7) is 3.66. The first-order valence-electron chi connectivity index (χ1n) is 7.32. The van der Waals surface area contributed by atoms with Gasteiger partial charge in [0.2, 0.25) is 5.91 Å². The number of carbonyl (C=O) groups excluding carboxylic acids is 1. The van der Waals surface area contributed by atoms with E-state index in [1.54, 1.807) is 18.2 Å². The molecule has 1 aromatic carbocycles. The van der Waals surface area contributed by atoms with Crippen LogP contribution in [0.25, 0.3) is 0 Å². The number of rotatable bonds is 7. The zero-order chi connectivity index (χ0) is 15.1. The summed E-state index contributed by atoms with van der Waals surface area (Å²) in [6.07, 6.45) is 3.52. The summed E-state index contributed by atoms with van der Waals surface area (Å²) in [6, 6.07) is 5.16. The Hall–Kier alpha value is -1.30. The Morgan fingerprint density at radius 3 is 2.86 bits per heavy atom. The maximum atomic E-state index is 11.1. The molecule has 1 aromatic rings. The number of benzene rings is 1. The standard InChI is InChI=1S/C15H22ClN3O2/c16-14-10-11(2-3-13(14)15(17)20)19-6-1-9-21-12-4-7-18-8-5-12/h2-3,10,12,18-19H,1,4-9H2,(H2,17,20). The molecule has 0 aromatic heterocycles. The van der Waals surface area contributed by atoms with Crippen molar-refractivity contribution in [1.29, 1.82) is 0 Å². The molecule has 21 heavy (non-hydrogen) atoms. The van der Waals surface area contributed by atoms with E-state index in [0.29, 0.717) is 16.7 Å². The predicted octanol–water partition coefficient (Wildman–Crippen LogP) is 2.01. The van der Waals surface area contributed by atoms with Crippen LogP contribution in [0.1, 0.15) is 29.6 Å². The molecule has 0 spiro atoms. The van der Waals surface area contributed by atoms with Crippen molar-refractivity contribution in [3.05, 3.63) is 28.8 Å². The highest BCUT2D eigenvalue weighted by Gasteiger charge is 2.12. The maximum Gasteiger partial charge on any atom is 0.250 e. The second kappa shape index (κ2) is 8.22. The first-order chi connectivity index (χ1) is 10.2. The number of halogens is 1. The Bertz CT molecular complexity index is 476. The van der Waals surface area contributed by atoms with Crippen LogP contribution in [0.2, 0.25) is 5.02 Å². The summed E-state index contributed by atoms with van der Waals surface area (Å²) in [4.78, 5) is 11.1. The Morgan fingerprint density at radius 1 is 1.43 bits per heavy atom. The summed E-state index contributed by atoms with van der Waals surface area (Å²) >= 11 is 5.99. The fourth-order valence-corrected chi connectivity index (χ4v) is 2.62. The van der Waals surface area contributed by atoms with E-state index in [2.05, 4.69) is 10.6 Å². The first-order valence-corrected chi connectivity index (χ1v) is 7.70. The molecular formula is C15H22ClN3O2. The number of nitrogens with one attached hydrogen (secondary N) is 2. The van der Waals surface area contributed by atoms with Crippen molar-refractivity contribution in [1.82, 2.24) is 5.32 Å². The molecule has 0 bridgehead atoms. The highest BCUT2D eigenvalue weighted by Crippen LogP contribution is 2.20. The lowest BCUT2D eigenvalue weighted by atomic mass is 10.1. The van der Waals surface area contributed by atoms with Crippen LogP contribution in [-0.4, -0.2) is 38.3 Å². The molecule has 1 heterocycles. The smallest absolute Gasteiger partial charge is 0.250 e. The lowest BCUT2D eigenvalue weighted by Gasteiger charge is -2.22. The van der Waals surface area contributed by atoms with E-state index in [0.717, 1.165) is 51.2 Å². The fourth-order valence-electron chi connectivity index (χ4n) is 2.34. The average molecular weight is 312 g/mol. The largest absolute Gasteiger partial charge is 0.385 e. The molecule has 0 radical (unpaired) electrons. The minimum Gasteiger partial charge on any atom is -0.385 e. The topological polar surface area (TPSA) is 76.4 Å². The summed E-state index contributed by atoms with van der Waals surface area (Å²) < 4.78 is 5.83. The van der Waals surface area contributed by atoms with Gasteiger partial charge in [0, 0.05) is 18.8 Å². The van der Waals surface area contributed by atoms with Crippen molar-refractivity contribution in [2.75, 3.05) is 31.6 Å². The van der Waals surface area contributed by atoms with Crippen LogP contribution in [0.4, 0.5) is 5.69 Å². The third-order valence-corrected chi connectivity index (χ3v) is 3.84. The van der Waals surface area contributed by atoms with Crippen LogP contribution in [-0.2, 0) is 4.74 Å². The molecule has 1 saturated heterocycles. The Labute approximate surface area is 130 Å². The van der Waals surface area contributed by atoms with E-state index in [9.17, 15) is 4.79 Å². The number of amides is 1. The molecule has 0 atom stereocenters. The van der Waals surface area contributed by atoms with Gasteiger partial charge in [-0.3, -0.25) is 4.79 Å².